The number of rotatable bonds is 5. The molecule has 0 unspecified atom stereocenters. The average Bonchev–Trinajstić information content (AvgIpc) is 2.50. The second-order valence-corrected chi connectivity index (χ2v) is 7.18. The number of H-pyrrole nitrogens is 2. The first kappa shape index (κ1) is 19.8. The van der Waals surface area contributed by atoms with Gasteiger partial charge in [0.05, 0.1) is 29.3 Å². The quantitative estimate of drug-likeness (QED) is 0.259. The molecule has 0 bridgehead atoms. The number of aromatic nitrogens is 2. The van der Waals surface area contributed by atoms with E-state index in [-0.39, 0.29) is 29.7 Å². The van der Waals surface area contributed by atoms with E-state index in [1.165, 1.54) is 0 Å². The molecule has 0 saturated heterocycles. The van der Waals surface area contributed by atoms with Crippen LogP contribution in [0.15, 0.2) is 21.7 Å². The molecule has 2 rings (SSSR count). The van der Waals surface area contributed by atoms with E-state index in [9.17, 15) is 27.3 Å². The fraction of sp³-hybridized carbons (Fsp3) is 0.286. The maximum Gasteiger partial charge on any atom is 0.416 e. The van der Waals surface area contributed by atoms with Crippen molar-refractivity contribution >= 4 is 18.6 Å². The van der Waals surface area contributed by atoms with Crippen LogP contribution >= 0.6 is 7.60 Å². The van der Waals surface area contributed by atoms with Crippen molar-refractivity contribution in [3.8, 4) is 12.5 Å². The second-order valence-electron chi connectivity index (χ2n) is 5.40. The fourth-order valence-corrected chi connectivity index (χ4v) is 2.73. The lowest BCUT2D eigenvalue weighted by molar-refractivity contribution is -0.137. The summed E-state index contributed by atoms with van der Waals surface area (Å²) in [5, 5.41) is 0. The Balaban J connectivity index is 2.54. The Bertz CT molecular complexity index is 1030. The number of benzene rings is 1. The molecule has 0 aliphatic carbocycles. The van der Waals surface area contributed by atoms with Gasteiger partial charge in [0, 0.05) is 12.6 Å². The summed E-state index contributed by atoms with van der Waals surface area (Å²) in [4.78, 5) is 46.0. The zero-order valence-corrected chi connectivity index (χ0v) is 13.9. The number of alkyl halides is 3. The lowest BCUT2D eigenvalue weighted by Crippen LogP contribution is -2.30. The predicted octanol–water partition coefficient (Wildman–Crippen LogP) is 0.806. The molecule has 0 fully saturated rings. The molecular formula is C14H13F3N3O5P. The van der Waals surface area contributed by atoms with Crippen LogP contribution in [0.2, 0.25) is 0 Å². The van der Waals surface area contributed by atoms with Crippen molar-refractivity contribution in [3.05, 3.63) is 44.0 Å². The standard InChI is InChI=1S/C14H13F3N3O5P/c1-2-20(3-4-26(23,24)25)7-8-5-9(14(15,16)17)6-10-11(8)19-13(22)12(21)18-10/h1,5-6H,3-4,7H2,(H,18,21)(H,19,22)(H2,23,24,25). The molecule has 4 N–H and O–H groups in total. The number of nitrogens with one attached hydrogen (secondary N) is 2. The summed E-state index contributed by atoms with van der Waals surface area (Å²) in [6.45, 7) is -0.620. The smallest absolute Gasteiger partial charge is 0.328 e. The molecule has 8 nitrogen and oxygen atoms in total. The van der Waals surface area contributed by atoms with Crippen LogP contribution in [0.1, 0.15) is 11.1 Å². The highest BCUT2D eigenvalue weighted by Crippen LogP contribution is 2.34. The number of halogens is 3. The van der Waals surface area contributed by atoms with Crippen LogP contribution in [-0.4, -0.2) is 37.4 Å². The van der Waals surface area contributed by atoms with E-state index >= 15 is 0 Å². The van der Waals surface area contributed by atoms with Crippen molar-refractivity contribution in [1.29, 1.82) is 0 Å². The molecule has 2 aromatic rings. The molecule has 0 saturated carbocycles. The zero-order valence-electron chi connectivity index (χ0n) is 13.0. The number of aromatic amines is 2. The van der Waals surface area contributed by atoms with Crippen molar-refractivity contribution in [2.24, 2.45) is 0 Å². The Morgan fingerprint density at radius 2 is 1.81 bits per heavy atom. The third kappa shape index (κ3) is 4.76. The van der Waals surface area contributed by atoms with Gasteiger partial charge in [0.2, 0.25) is 0 Å². The zero-order chi connectivity index (χ0) is 19.7. The highest BCUT2D eigenvalue weighted by molar-refractivity contribution is 7.51. The van der Waals surface area contributed by atoms with E-state index in [0.29, 0.717) is 6.07 Å². The van der Waals surface area contributed by atoms with E-state index in [2.05, 4.69) is 16.0 Å². The lowest BCUT2D eigenvalue weighted by atomic mass is 10.1. The Hall–Kier alpha value is -2.54. The Labute approximate surface area is 143 Å². The van der Waals surface area contributed by atoms with Crippen LogP contribution in [0, 0.1) is 12.5 Å². The summed E-state index contributed by atoms with van der Waals surface area (Å²) in [5.41, 5.74) is -3.61. The molecule has 0 aliphatic heterocycles. The van der Waals surface area contributed by atoms with E-state index in [1.54, 1.807) is 0 Å². The maximum absolute atomic E-state index is 13.1. The largest absolute Gasteiger partial charge is 0.416 e. The van der Waals surface area contributed by atoms with Gasteiger partial charge in [-0.05, 0) is 17.7 Å². The molecule has 26 heavy (non-hydrogen) atoms. The Morgan fingerprint density at radius 1 is 1.19 bits per heavy atom. The second kappa shape index (κ2) is 6.99. The van der Waals surface area contributed by atoms with Crippen LogP contribution < -0.4 is 11.1 Å². The summed E-state index contributed by atoms with van der Waals surface area (Å²) >= 11 is 0. The van der Waals surface area contributed by atoms with E-state index in [1.807, 2.05) is 0 Å². The summed E-state index contributed by atoms with van der Waals surface area (Å²) in [5.74, 6) is 0. The highest BCUT2D eigenvalue weighted by Gasteiger charge is 2.32. The molecule has 1 aromatic heterocycles. The van der Waals surface area contributed by atoms with E-state index in [0.717, 1.165) is 11.0 Å². The fourth-order valence-electron chi connectivity index (χ4n) is 2.23. The van der Waals surface area contributed by atoms with Gasteiger partial charge in [-0.3, -0.25) is 14.2 Å². The first-order valence-electron chi connectivity index (χ1n) is 7.03. The summed E-state index contributed by atoms with van der Waals surface area (Å²) < 4.78 is 50.2. The van der Waals surface area contributed by atoms with Gasteiger partial charge in [0.15, 0.2) is 0 Å². The first-order chi connectivity index (χ1) is 11.9. The van der Waals surface area contributed by atoms with Crippen LogP contribution in [0.3, 0.4) is 0 Å². The molecule has 0 aliphatic rings. The van der Waals surface area contributed by atoms with Crippen molar-refractivity contribution in [3.63, 3.8) is 0 Å². The van der Waals surface area contributed by atoms with Crippen molar-refractivity contribution in [2.75, 3.05) is 12.7 Å². The molecule has 0 atom stereocenters. The van der Waals surface area contributed by atoms with Gasteiger partial charge in [-0.1, -0.05) is 6.42 Å². The van der Waals surface area contributed by atoms with Crippen LogP contribution in [-0.2, 0) is 17.3 Å². The van der Waals surface area contributed by atoms with E-state index < -0.39 is 36.6 Å². The summed E-state index contributed by atoms with van der Waals surface area (Å²) in [7, 11) is -4.36. The van der Waals surface area contributed by atoms with Crippen LogP contribution in [0.25, 0.3) is 11.0 Å². The Kier molecular flexibility index (Phi) is 5.32. The Morgan fingerprint density at radius 3 is 2.35 bits per heavy atom. The van der Waals surface area contributed by atoms with Crippen LogP contribution in [0.4, 0.5) is 13.2 Å². The van der Waals surface area contributed by atoms with E-state index in [4.69, 9.17) is 16.2 Å². The van der Waals surface area contributed by atoms with Gasteiger partial charge in [-0.25, -0.2) is 0 Å². The summed E-state index contributed by atoms with van der Waals surface area (Å²) in [6, 6.07) is 3.54. The molecule has 0 spiro atoms. The number of hydrogen-bond acceptors (Lipinski definition) is 4. The minimum absolute atomic E-state index is 0.0565. The van der Waals surface area contributed by atoms with Gasteiger partial charge in [-0.15, -0.1) is 0 Å². The van der Waals surface area contributed by atoms with Crippen molar-refractivity contribution in [1.82, 2.24) is 14.9 Å². The first-order valence-corrected chi connectivity index (χ1v) is 8.82. The molecule has 140 valence electrons. The molecule has 0 amide bonds. The molecule has 0 radical (unpaired) electrons. The number of hydrogen-bond donors (Lipinski definition) is 4. The van der Waals surface area contributed by atoms with Crippen molar-refractivity contribution in [2.45, 2.75) is 12.7 Å². The molecular weight excluding hydrogens is 378 g/mol. The number of nitrogens with zero attached hydrogens (tertiary/aromatic N) is 1. The minimum atomic E-state index is -4.72. The molecule has 1 heterocycles. The number of terminal acetylenes is 1. The predicted molar refractivity (Wildman–Crippen MR) is 86.3 cm³/mol. The average molecular weight is 391 g/mol. The monoisotopic (exact) mass is 391 g/mol. The topological polar surface area (TPSA) is 126 Å². The lowest BCUT2D eigenvalue weighted by Gasteiger charge is -2.20. The third-order valence-corrected chi connectivity index (χ3v) is 4.23. The third-order valence-electron chi connectivity index (χ3n) is 3.45. The molecule has 12 heteroatoms. The normalized spacial score (nSPS) is 12.2. The van der Waals surface area contributed by atoms with Gasteiger partial charge in [-0.2, -0.15) is 13.2 Å². The molecule has 1 aromatic carbocycles. The maximum atomic E-state index is 13.1. The SMILES string of the molecule is C#CN(CCP(=O)(O)O)Cc1cc(C(F)(F)F)cc2[nH]c(=O)c(=O)[nH]c12. The van der Waals surface area contributed by atoms with Gasteiger partial charge < -0.3 is 24.7 Å². The highest BCUT2D eigenvalue weighted by atomic mass is 31.2. The minimum Gasteiger partial charge on any atom is -0.328 e. The van der Waals surface area contributed by atoms with Gasteiger partial charge in [0.1, 0.15) is 0 Å². The van der Waals surface area contributed by atoms with Gasteiger partial charge >= 0.3 is 24.9 Å². The summed E-state index contributed by atoms with van der Waals surface area (Å²) in [6.07, 6.45) is -0.0723. The van der Waals surface area contributed by atoms with Crippen molar-refractivity contribution < 1.29 is 27.5 Å². The van der Waals surface area contributed by atoms with Crippen LogP contribution in [0.5, 0.6) is 0 Å². The number of fused-ring (bicyclic) bond motifs is 1. The van der Waals surface area contributed by atoms with Gasteiger partial charge in [0.25, 0.3) is 0 Å².